The number of halogens is 1. The number of aryl methyl sites for hydroxylation is 1. The Kier molecular flexibility index (Phi) is 4.00. The molecule has 0 spiro atoms. The number of nitrogens with two attached hydrogens (primary N) is 1. The predicted molar refractivity (Wildman–Crippen MR) is 75.1 cm³/mol. The Balaban J connectivity index is 2.22. The highest BCUT2D eigenvalue weighted by molar-refractivity contribution is 5.59. The highest BCUT2D eigenvalue weighted by Gasteiger charge is 2.13. The lowest BCUT2D eigenvalue weighted by Crippen LogP contribution is -2.14. The van der Waals surface area contributed by atoms with Gasteiger partial charge in [0.25, 0.3) is 0 Å². The summed E-state index contributed by atoms with van der Waals surface area (Å²) in [4.78, 5) is 7.55. The Hall–Kier alpha value is -1.68. The third-order valence-electron chi connectivity index (χ3n) is 3.14. The SMILES string of the molecule is Cc1cc(-c2cnc(C(N)CC(C)C)[nH]2)ccc1F. The summed E-state index contributed by atoms with van der Waals surface area (Å²) in [7, 11) is 0. The number of imidazole rings is 1. The molecule has 0 aliphatic heterocycles. The fraction of sp³-hybridized carbons (Fsp3) is 0.400. The van der Waals surface area contributed by atoms with Gasteiger partial charge in [-0.15, -0.1) is 0 Å². The summed E-state index contributed by atoms with van der Waals surface area (Å²) in [5, 5.41) is 0. The number of nitrogens with zero attached hydrogens (tertiary/aromatic N) is 1. The van der Waals surface area contributed by atoms with Gasteiger partial charge in [0.2, 0.25) is 0 Å². The molecule has 0 aliphatic rings. The van der Waals surface area contributed by atoms with Crippen molar-refractivity contribution >= 4 is 0 Å². The van der Waals surface area contributed by atoms with Crippen molar-refractivity contribution in [2.24, 2.45) is 11.7 Å². The van der Waals surface area contributed by atoms with Crippen molar-refractivity contribution in [2.75, 3.05) is 0 Å². The first kappa shape index (κ1) is 13.7. The minimum Gasteiger partial charge on any atom is -0.341 e. The van der Waals surface area contributed by atoms with Crippen molar-refractivity contribution in [3.8, 4) is 11.3 Å². The number of hydrogen-bond acceptors (Lipinski definition) is 2. The molecule has 0 radical (unpaired) electrons. The molecule has 3 nitrogen and oxygen atoms in total. The van der Waals surface area contributed by atoms with Gasteiger partial charge in [-0.25, -0.2) is 9.37 Å². The standard InChI is InChI=1S/C15H20FN3/c1-9(2)6-13(17)15-18-8-14(19-15)11-4-5-12(16)10(3)7-11/h4-5,7-9,13H,6,17H2,1-3H3,(H,18,19). The largest absolute Gasteiger partial charge is 0.341 e. The van der Waals surface area contributed by atoms with Gasteiger partial charge < -0.3 is 10.7 Å². The maximum atomic E-state index is 13.2. The topological polar surface area (TPSA) is 54.7 Å². The second kappa shape index (κ2) is 5.53. The molecule has 1 aromatic carbocycles. The number of aromatic nitrogens is 2. The van der Waals surface area contributed by atoms with Crippen LogP contribution in [0.4, 0.5) is 4.39 Å². The second-order valence-electron chi connectivity index (χ2n) is 5.38. The molecule has 2 aromatic rings. The number of H-pyrrole nitrogens is 1. The van der Waals surface area contributed by atoms with Crippen LogP contribution in [0.3, 0.4) is 0 Å². The van der Waals surface area contributed by atoms with Crippen LogP contribution in [-0.4, -0.2) is 9.97 Å². The second-order valence-corrected chi connectivity index (χ2v) is 5.38. The molecular formula is C15H20FN3. The number of aromatic amines is 1. The van der Waals surface area contributed by atoms with E-state index in [9.17, 15) is 4.39 Å². The van der Waals surface area contributed by atoms with Gasteiger partial charge in [0.05, 0.1) is 17.9 Å². The molecule has 1 heterocycles. The third-order valence-corrected chi connectivity index (χ3v) is 3.14. The van der Waals surface area contributed by atoms with E-state index < -0.39 is 0 Å². The molecule has 0 bridgehead atoms. The van der Waals surface area contributed by atoms with Crippen LogP contribution in [0, 0.1) is 18.7 Å². The van der Waals surface area contributed by atoms with Crippen LogP contribution in [0.5, 0.6) is 0 Å². The zero-order valence-electron chi connectivity index (χ0n) is 11.6. The summed E-state index contributed by atoms with van der Waals surface area (Å²) in [6.07, 6.45) is 2.64. The van der Waals surface area contributed by atoms with Gasteiger partial charge in [-0.2, -0.15) is 0 Å². The number of benzene rings is 1. The normalized spacial score (nSPS) is 12.9. The average Bonchev–Trinajstić information content (AvgIpc) is 2.81. The summed E-state index contributed by atoms with van der Waals surface area (Å²) < 4.78 is 13.2. The lowest BCUT2D eigenvalue weighted by atomic mass is 10.0. The third kappa shape index (κ3) is 3.20. The summed E-state index contributed by atoms with van der Waals surface area (Å²) in [5.41, 5.74) is 8.51. The maximum absolute atomic E-state index is 13.2. The van der Waals surface area contributed by atoms with Crippen molar-refractivity contribution in [1.29, 1.82) is 0 Å². The first-order valence-corrected chi connectivity index (χ1v) is 6.54. The first-order valence-electron chi connectivity index (χ1n) is 6.54. The van der Waals surface area contributed by atoms with Crippen LogP contribution in [0.2, 0.25) is 0 Å². The Morgan fingerprint density at radius 1 is 1.37 bits per heavy atom. The van der Waals surface area contributed by atoms with Crippen molar-refractivity contribution in [3.05, 3.63) is 41.6 Å². The molecular weight excluding hydrogens is 241 g/mol. The number of rotatable bonds is 4. The Morgan fingerprint density at radius 2 is 2.11 bits per heavy atom. The van der Waals surface area contributed by atoms with Gasteiger partial charge in [-0.1, -0.05) is 13.8 Å². The van der Waals surface area contributed by atoms with Crippen molar-refractivity contribution in [3.63, 3.8) is 0 Å². The highest BCUT2D eigenvalue weighted by atomic mass is 19.1. The van der Waals surface area contributed by atoms with Gasteiger partial charge >= 0.3 is 0 Å². The summed E-state index contributed by atoms with van der Waals surface area (Å²) in [5.74, 6) is 1.11. The van der Waals surface area contributed by atoms with Gasteiger partial charge in [-0.3, -0.25) is 0 Å². The van der Waals surface area contributed by atoms with Crippen LogP contribution in [-0.2, 0) is 0 Å². The molecule has 1 aromatic heterocycles. The minimum atomic E-state index is -0.194. The molecule has 19 heavy (non-hydrogen) atoms. The zero-order valence-corrected chi connectivity index (χ0v) is 11.6. The van der Waals surface area contributed by atoms with E-state index >= 15 is 0 Å². The summed E-state index contributed by atoms with van der Waals surface area (Å²) >= 11 is 0. The van der Waals surface area contributed by atoms with E-state index in [2.05, 4.69) is 23.8 Å². The van der Waals surface area contributed by atoms with Crippen LogP contribution < -0.4 is 5.73 Å². The molecule has 0 amide bonds. The van der Waals surface area contributed by atoms with E-state index in [0.717, 1.165) is 23.5 Å². The fourth-order valence-corrected chi connectivity index (χ4v) is 2.10. The molecule has 0 fully saturated rings. The maximum Gasteiger partial charge on any atom is 0.126 e. The van der Waals surface area contributed by atoms with Gasteiger partial charge in [-0.05, 0) is 43.0 Å². The van der Waals surface area contributed by atoms with Crippen molar-refractivity contribution in [2.45, 2.75) is 33.2 Å². The molecule has 1 unspecified atom stereocenters. The first-order chi connectivity index (χ1) is 8.97. The monoisotopic (exact) mass is 261 g/mol. The van der Waals surface area contributed by atoms with Crippen LogP contribution in [0.15, 0.2) is 24.4 Å². The Labute approximate surface area is 113 Å². The van der Waals surface area contributed by atoms with Crippen molar-refractivity contribution in [1.82, 2.24) is 9.97 Å². The zero-order chi connectivity index (χ0) is 14.0. The van der Waals surface area contributed by atoms with Crippen LogP contribution in [0.25, 0.3) is 11.3 Å². The fourth-order valence-electron chi connectivity index (χ4n) is 2.10. The Morgan fingerprint density at radius 3 is 2.74 bits per heavy atom. The summed E-state index contributed by atoms with van der Waals surface area (Å²) in [6, 6.07) is 4.93. The minimum absolute atomic E-state index is 0.0877. The highest BCUT2D eigenvalue weighted by Crippen LogP contribution is 2.23. The van der Waals surface area contributed by atoms with E-state index in [4.69, 9.17) is 5.73 Å². The molecule has 0 saturated carbocycles. The van der Waals surface area contributed by atoms with E-state index in [1.165, 1.54) is 6.07 Å². The lowest BCUT2D eigenvalue weighted by Gasteiger charge is -2.11. The molecule has 102 valence electrons. The number of hydrogen-bond donors (Lipinski definition) is 2. The Bertz CT molecular complexity index is 560. The molecule has 0 saturated heterocycles. The summed E-state index contributed by atoms with van der Waals surface area (Å²) in [6.45, 7) is 6.01. The molecule has 1 atom stereocenters. The van der Waals surface area contributed by atoms with Crippen LogP contribution >= 0.6 is 0 Å². The molecule has 2 rings (SSSR count). The predicted octanol–water partition coefficient (Wildman–Crippen LogP) is 3.57. The van der Waals surface area contributed by atoms with Gasteiger partial charge in [0, 0.05) is 5.56 Å². The smallest absolute Gasteiger partial charge is 0.126 e. The van der Waals surface area contributed by atoms with Gasteiger partial charge in [0.1, 0.15) is 11.6 Å². The van der Waals surface area contributed by atoms with E-state index in [0.29, 0.717) is 11.5 Å². The lowest BCUT2D eigenvalue weighted by molar-refractivity contribution is 0.496. The van der Waals surface area contributed by atoms with E-state index in [-0.39, 0.29) is 11.9 Å². The van der Waals surface area contributed by atoms with Gasteiger partial charge in [0.15, 0.2) is 0 Å². The van der Waals surface area contributed by atoms with E-state index in [1.807, 2.05) is 0 Å². The molecule has 0 aliphatic carbocycles. The average molecular weight is 261 g/mol. The molecule has 4 heteroatoms. The quantitative estimate of drug-likeness (QED) is 0.884. The van der Waals surface area contributed by atoms with Crippen molar-refractivity contribution < 1.29 is 4.39 Å². The number of nitrogens with one attached hydrogen (secondary N) is 1. The van der Waals surface area contributed by atoms with E-state index in [1.54, 1.807) is 25.3 Å². The van der Waals surface area contributed by atoms with Crippen LogP contribution in [0.1, 0.15) is 37.7 Å². The molecule has 3 N–H and O–H groups in total.